The molecule has 94 valence electrons. The van der Waals surface area contributed by atoms with E-state index in [-0.39, 0.29) is 5.91 Å². The number of amides is 1. The Morgan fingerprint density at radius 3 is 2.72 bits per heavy atom. The number of fused-ring (bicyclic) bond motifs is 1. The summed E-state index contributed by atoms with van der Waals surface area (Å²) in [5.74, 6) is 0.796. The highest BCUT2D eigenvalue weighted by atomic mass is 32.1. The maximum absolute atomic E-state index is 12.0. The summed E-state index contributed by atoms with van der Waals surface area (Å²) in [5, 5.41) is 4.35. The van der Waals surface area contributed by atoms with Crippen molar-refractivity contribution in [2.45, 2.75) is 44.1 Å². The normalized spacial score (nSPS) is 20.0. The first kappa shape index (κ1) is 10.9. The van der Waals surface area contributed by atoms with Crippen LogP contribution in [0.2, 0.25) is 0 Å². The Kier molecular flexibility index (Phi) is 2.45. The van der Waals surface area contributed by atoms with Crippen molar-refractivity contribution in [2.75, 3.05) is 0 Å². The number of rotatable bonds is 3. The summed E-state index contributed by atoms with van der Waals surface area (Å²) in [4.78, 5) is 18.5. The van der Waals surface area contributed by atoms with Crippen molar-refractivity contribution >= 4 is 38.1 Å². The first-order valence-corrected chi connectivity index (χ1v) is 8.14. The zero-order valence-electron chi connectivity index (χ0n) is 9.94. The van der Waals surface area contributed by atoms with E-state index < -0.39 is 0 Å². The lowest BCUT2D eigenvalue weighted by Crippen LogP contribution is -2.39. The number of hydrogen-bond donors (Lipinski definition) is 1. The second-order valence-corrected chi connectivity index (χ2v) is 7.30. The van der Waals surface area contributed by atoms with Crippen molar-refractivity contribution < 1.29 is 4.79 Å². The van der Waals surface area contributed by atoms with Gasteiger partial charge in [0.15, 0.2) is 0 Å². The minimum absolute atomic E-state index is 0.0860. The Morgan fingerprint density at radius 2 is 2.11 bits per heavy atom. The monoisotopic (exact) mass is 278 g/mol. The fourth-order valence-electron chi connectivity index (χ4n) is 2.18. The molecule has 0 aliphatic heterocycles. The van der Waals surface area contributed by atoms with Crippen LogP contribution in [0.3, 0.4) is 0 Å². The SMILES string of the molecule is O=C(NC1CCC1)c1cc2sc(C3CC3)nc2s1. The van der Waals surface area contributed by atoms with Crippen molar-refractivity contribution in [1.29, 1.82) is 0 Å². The molecule has 4 rings (SSSR count). The summed E-state index contributed by atoms with van der Waals surface area (Å²) < 4.78 is 1.18. The van der Waals surface area contributed by atoms with Crippen LogP contribution in [0.1, 0.15) is 52.7 Å². The van der Waals surface area contributed by atoms with Gasteiger partial charge < -0.3 is 5.32 Å². The Bertz CT molecular complexity index is 576. The average Bonchev–Trinajstić information content (AvgIpc) is 2.94. The number of thiophene rings is 1. The molecule has 18 heavy (non-hydrogen) atoms. The molecule has 2 fully saturated rings. The van der Waals surface area contributed by atoms with Crippen molar-refractivity contribution in [3.05, 3.63) is 16.0 Å². The number of thiazole rings is 1. The summed E-state index contributed by atoms with van der Waals surface area (Å²) >= 11 is 3.30. The molecule has 0 saturated heterocycles. The van der Waals surface area contributed by atoms with E-state index in [9.17, 15) is 4.79 Å². The lowest BCUT2D eigenvalue weighted by molar-refractivity contribution is 0.0921. The molecule has 2 aliphatic rings. The molecule has 2 saturated carbocycles. The van der Waals surface area contributed by atoms with Crippen LogP contribution in [0, 0.1) is 0 Å². The summed E-state index contributed by atoms with van der Waals surface area (Å²) in [7, 11) is 0. The highest BCUT2D eigenvalue weighted by molar-refractivity contribution is 7.28. The number of carbonyl (C=O) groups excluding carboxylic acids is 1. The summed E-state index contributed by atoms with van der Waals surface area (Å²) in [6.07, 6.45) is 6.09. The van der Waals surface area contributed by atoms with Gasteiger partial charge in [0.05, 0.1) is 14.6 Å². The number of nitrogens with one attached hydrogen (secondary N) is 1. The fraction of sp³-hybridized carbons (Fsp3) is 0.538. The van der Waals surface area contributed by atoms with Crippen LogP contribution >= 0.6 is 22.7 Å². The van der Waals surface area contributed by atoms with Crippen LogP contribution < -0.4 is 5.32 Å². The zero-order chi connectivity index (χ0) is 12.1. The molecule has 2 aliphatic carbocycles. The van der Waals surface area contributed by atoms with E-state index in [2.05, 4.69) is 10.3 Å². The Labute approximate surface area is 113 Å². The third-order valence-corrected chi connectivity index (χ3v) is 6.02. The molecule has 2 aromatic heterocycles. The zero-order valence-corrected chi connectivity index (χ0v) is 11.6. The lowest BCUT2D eigenvalue weighted by atomic mass is 9.93. The smallest absolute Gasteiger partial charge is 0.261 e. The molecule has 0 bridgehead atoms. The second kappa shape index (κ2) is 4.03. The van der Waals surface area contributed by atoms with Gasteiger partial charge in [0.2, 0.25) is 0 Å². The number of hydrogen-bond acceptors (Lipinski definition) is 4. The van der Waals surface area contributed by atoms with Gasteiger partial charge in [-0.15, -0.1) is 22.7 Å². The number of nitrogens with zero attached hydrogens (tertiary/aromatic N) is 1. The molecule has 1 amide bonds. The largest absolute Gasteiger partial charge is 0.349 e. The number of aromatic nitrogens is 1. The number of carbonyl (C=O) groups is 1. The molecule has 2 aromatic rings. The molecule has 1 N–H and O–H groups in total. The second-order valence-electron chi connectivity index (χ2n) is 5.21. The Balaban J connectivity index is 1.56. The molecule has 3 nitrogen and oxygen atoms in total. The van der Waals surface area contributed by atoms with Crippen LogP contribution in [0.15, 0.2) is 6.07 Å². The van der Waals surface area contributed by atoms with Crippen LogP contribution in [0.4, 0.5) is 0 Å². The topological polar surface area (TPSA) is 42.0 Å². The van der Waals surface area contributed by atoms with Gasteiger partial charge in [0.1, 0.15) is 4.83 Å². The molecular formula is C13H14N2OS2. The molecule has 0 unspecified atom stereocenters. The van der Waals surface area contributed by atoms with Gasteiger partial charge in [-0.1, -0.05) is 0 Å². The van der Waals surface area contributed by atoms with Crippen molar-refractivity contribution in [3.8, 4) is 0 Å². The summed E-state index contributed by atoms with van der Waals surface area (Å²) in [6, 6.07) is 2.42. The fourth-order valence-corrected chi connectivity index (χ4v) is 4.47. The first-order chi connectivity index (χ1) is 8.79. The molecule has 2 heterocycles. The predicted molar refractivity (Wildman–Crippen MR) is 74.6 cm³/mol. The Hall–Kier alpha value is -0.940. The maximum Gasteiger partial charge on any atom is 0.261 e. The van der Waals surface area contributed by atoms with Gasteiger partial charge in [-0.05, 0) is 38.2 Å². The highest BCUT2D eigenvalue weighted by Gasteiger charge is 2.28. The van der Waals surface area contributed by atoms with E-state index in [1.165, 1.54) is 40.3 Å². The minimum atomic E-state index is 0.0860. The predicted octanol–water partition coefficient (Wildman–Crippen LogP) is 3.52. The molecule has 0 radical (unpaired) electrons. The minimum Gasteiger partial charge on any atom is -0.349 e. The first-order valence-electron chi connectivity index (χ1n) is 6.51. The van der Waals surface area contributed by atoms with Gasteiger partial charge in [0, 0.05) is 12.0 Å². The van der Waals surface area contributed by atoms with E-state index in [4.69, 9.17) is 0 Å². The standard InChI is InChI=1S/C13H14N2OS2/c16-11(14-8-2-1-3-8)9-6-10-13(17-9)15-12(18-10)7-4-5-7/h6-8H,1-5H2,(H,14,16). The highest BCUT2D eigenvalue weighted by Crippen LogP contribution is 2.44. The van der Waals surface area contributed by atoms with Crippen LogP contribution in [-0.2, 0) is 0 Å². The van der Waals surface area contributed by atoms with Crippen molar-refractivity contribution in [2.24, 2.45) is 0 Å². The van der Waals surface area contributed by atoms with Crippen LogP contribution in [0.5, 0.6) is 0 Å². The van der Waals surface area contributed by atoms with Crippen molar-refractivity contribution in [3.63, 3.8) is 0 Å². The molecule has 0 atom stereocenters. The van der Waals surface area contributed by atoms with Gasteiger partial charge in [-0.3, -0.25) is 4.79 Å². The molecule has 0 spiro atoms. The van der Waals surface area contributed by atoms with Gasteiger partial charge in [-0.2, -0.15) is 0 Å². The van der Waals surface area contributed by atoms with E-state index in [0.29, 0.717) is 12.0 Å². The van der Waals surface area contributed by atoms with E-state index >= 15 is 0 Å². The summed E-state index contributed by atoms with van der Waals surface area (Å²) in [5.41, 5.74) is 0. The van der Waals surface area contributed by atoms with Crippen LogP contribution in [-0.4, -0.2) is 16.9 Å². The van der Waals surface area contributed by atoms with Crippen molar-refractivity contribution in [1.82, 2.24) is 10.3 Å². The maximum atomic E-state index is 12.0. The molecule has 0 aromatic carbocycles. The molecular weight excluding hydrogens is 264 g/mol. The van der Waals surface area contributed by atoms with E-state index in [1.54, 1.807) is 11.3 Å². The van der Waals surface area contributed by atoms with Crippen LogP contribution in [0.25, 0.3) is 9.53 Å². The quantitative estimate of drug-likeness (QED) is 0.933. The van der Waals surface area contributed by atoms with Gasteiger partial charge >= 0.3 is 0 Å². The third-order valence-electron chi connectivity index (χ3n) is 3.70. The lowest BCUT2D eigenvalue weighted by Gasteiger charge is -2.25. The van der Waals surface area contributed by atoms with Gasteiger partial charge in [0.25, 0.3) is 5.91 Å². The third kappa shape index (κ3) is 1.86. The van der Waals surface area contributed by atoms with E-state index in [1.807, 2.05) is 6.07 Å². The van der Waals surface area contributed by atoms with E-state index in [0.717, 1.165) is 22.5 Å². The Morgan fingerprint density at radius 1 is 1.28 bits per heavy atom. The van der Waals surface area contributed by atoms with Gasteiger partial charge in [-0.25, -0.2) is 4.98 Å². The molecule has 5 heteroatoms. The average molecular weight is 278 g/mol. The summed E-state index contributed by atoms with van der Waals surface area (Å²) in [6.45, 7) is 0.